The molecule has 3 heterocycles. The number of rotatable bonds is 7. The fourth-order valence-corrected chi connectivity index (χ4v) is 7.97. The number of hydrogen-bond acceptors (Lipinski definition) is 3. The third-order valence-electron chi connectivity index (χ3n) is 9.72. The van der Waals surface area contributed by atoms with Crippen LogP contribution < -0.4 is 0 Å². The molecule has 0 fully saturated rings. The quantitative estimate of drug-likeness (QED) is 0.149. The summed E-state index contributed by atoms with van der Waals surface area (Å²) in [6.45, 7) is 12.3. The fourth-order valence-electron chi connectivity index (χ4n) is 7.14. The summed E-state index contributed by atoms with van der Waals surface area (Å²) in [5.41, 5.74) is 14.6. The average molecular weight is 891 g/mol. The van der Waals surface area contributed by atoms with Crippen LogP contribution in [0.3, 0.4) is 0 Å². The Morgan fingerprint density at radius 3 is 2.17 bits per heavy atom. The van der Waals surface area contributed by atoms with Gasteiger partial charge in [0.05, 0.1) is 16.9 Å². The molecular formula is C48H45IrN3S-2. The first-order valence-corrected chi connectivity index (χ1v) is 18.7. The molecule has 0 unspecified atom stereocenters. The van der Waals surface area contributed by atoms with Crippen molar-refractivity contribution in [2.24, 2.45) is 0 Å². The second-order valence-electron chi connectivity index (χ2n) is 14.0. The van der Waals surface area contributed by atoms with Crippen molar-refractivity contribution in [3.8, 4) is 33.8 Å². The second-order valence-corrected chi connectivity index (χ2v) is 14.8. The van der Waals surface area contributed by atoms with Crippen LogP contribution in [0.25, 0.3) is 54.9 Å². The number of aromatic nitrogens is 3. The summed E-state index contributed by atoms with van der Waals surface area (Å²) < 4.78 is 25.4. The van der Waals surface area contributed by atoms with E-state index in [1.165, 1.54) is 60.7 Å². The molecule has 0 bridgehead atoms. The average Bonchev–Trinajstić information content (AvgIpc) is 3.76. The van der Waals surface area contributed by atoms with Gasteiger partial charge in [-0.3, -0.25) is 16.3 Å². The van der Waals surface area contributed by atoms with Crippen LogP contribution in [0, 0.1) is 32.1 Å². The molecule has 0 aliphatic carbocycles. The first-order chi connectivity index (χ1) is 26.4. The first-order valence-electron chi connectivity index (χ1n) is 19.4. The van der Waals surface area contributed by atoms with Gasteiger partial charge >= 0.3 is 0 Å². The molecule has 269 valence electrons. The molecule has 8 aromatic rings. The van der Waals surface area contributed by atoms with E-state index in [9.17, 15) is 0 Å². The zero-order chi connectivity index (χ0) is 38.9. The van der Waals surface area contributed by atoms with E-state index in [-0.39, 0.29) is 25.7 Å². The van der Waals surface area contributed by atoms with Gasteiger partial charge in [-0.1, -0.05) is 122 Å². The summed E-state index contributed by atoms with van der Waals surface area (Å²) in [6.07, 6.45) is 1.39. The molecule has 3 nitrogen and oxygen atoms in total. The summed E-state index contributed by atoms with van der Waals surface area (Å²) in [6, 6.07) is 42.5. The SMILES string of the molecule is Cc1cccc(C)c1-c1ccc2s[c-]c(-c3nc4ccccc4n3Cc3c(C(C)C)cccc3C(C)C)c2c1.[2H]C([2H])([2H])c1ccc(-c2[c-]cccc2)nc1.[Ir]. The van der Waals surface area contributed by atoms with Crippen LogP contribution in [0.5, 0.6) is 0 Å². The van der Waals surface area contributed by atoms with E-state index in [4.69, 9.17) is 9.10 Å². The molecular weight excluding hydrogens is 843 g/mol. The maximum absolute atomic E-state index is 7.23. The standard InChI is InChI=1S/C36H35N2S.C12H10N.Ir/c1-22(2)27-13-10-14-28(23(3)4)30(27)20-38-33-16-8-7-15-32(33)37-36(38)31-21-39-34-18-17-26(19-29(31)34)35-24(5)11-9-12-25(35)6;1-10-7-8-12(13-9-10)11-5-3-2-4-6-11;/h7-19,22-23H,20H2,1-6H3;2-5,7-9H,1H3;/q2*-1;/i;1D3;. The predicted molar refractivity (Wildman–Crippen MR) is 221 cm³/mol. The molecule has 8 rings (SSSR count). The molecule has 5 heteroatoms. The van der Waals surface area contributed by atoms with Crippen molar-refractivity contribution in [1.29, 1.82) is 0 Å². The Bertz CT molecular complexity index is 2540. The van der Waals surface area contributed by atoms with Gasteiger partial charge in [0.1, 0.15) is 0 Å². The maximum atomic E-state index is 7.23. The number of thiophene rings is 1. The largest absolute Gasteiger partial charge is 0.360 e. The van der Waals surface area contributed by atoms with Crippen molar-refractivity contribution in [2.75, 3.05) is 0 Å². The molecule has 1 radical (unpaired) electrons. The smallest absolute Gasteiger partial charge is 0.0770 e. The van der Waals surface area contributed by atoms with Gasteiger partial charge in [0.25, 0.3) is 0 Å². The van der Waals surface area contributed by atoms with E-state index >= 15 is 0 Å². The Morgan fingerprint density at radius 2 is 1.51 bits per heavy atom. The molecule has 0 aliphatic rings. The van der Waals surface area contributed by atoms with Crippen LogP contribution >= 0.6 is 11.3 Å². The Kier molecular flexibility index (Phi) is 10.7. The first kappa shape index (κ1) is 34.1. The number of imidazole rings is 1. The van der Waals surface area contributed by atoms with Gasteiger partial charge < -0.3 is 9.55 Å². The monoisotopic (exact) mass is 891 g/mol. The number of pyridine rings is 1. The van der Waals surface area contributed by atoms with Crippen molar-refractivity contribution in [2.45, 2.75) is 66.8 Å². The Balaban J connectivity index is 0.000000263. The number of hydrogen-bond donors (Lipinski definition) is 0. The van der Waals surface area contributed by atoms with E-state index in [0.29, 0.717) is 11.8 Å². The number of para-hydroxylation sites is 2. The van der Waals surface area contributed by atoms with Crippen molar-refractivity contribution < 1.29 is 24.2 Å². The minimum atomic E-state index is -2.09. The summed E-state index contributed by atoms with van der Waals surface area (Å²) in [7, 11) is 0. The van der Waals surface area contributed by atoms with E-state index in [1.807, 2.05) is 18.2 Å². The van der Waals surface area contributed by atoms with E-state index in [1.54, 1.807) is 29.5 Å². The van der Waals surface area contributed by atoms with E-state index in [2.05, 4.69) is 141 Å². The summed E-state index contributed by atoms with van der Waals surface area (Å²) in [5, 5.41) is 4.88. The van der Waals surface area contributed by atoms with Crippen molar-refractivity contribution in [1.82, 2.24) is 14.5 Å². The molecule has 0 atom stereocenters. The summed E-state index contributed by atoms with van der Waals surface area (Å²) in [4.78, 5) is 9.35. The van der Waals surface area contributed by atoms with Crippen LogP contribution in [-0.4, -0.2) is 14.5 Å². The molecule has 53 heavy (non-hydrogen) atoms. The number of nitrogens with zero attached hydrogens (tertiary/aromatic N) is 3. The van der Waals surface area contributed by atoms with Gasteiger partial charge in [0.15, 0.2) is 0 Å². The predicted octanol–water partition coefficient (Wildman–Crippen LogP) is 13.2. The Hall–Kier alpha value is -4.67. The van der Waals surface area contributed by atoms with Crippen LogP contribution in [-0.2, 0) is 26.7 Å². The van der Waals surface area contributed by atoms with E-state index < -0.39 is 6.85 Å². The van der Waals surface area contributed by atoms with Gasteiger partial charge in [-0.15, -0.1) is 41.3 Å². The molecule has 0 saturated heterocycles. The molecule has 5 aromatic carbocycles. The number of fused-ring (bicyclic) bond motifs is 2. The molecule has 3 aromatic heterocycles. The number of aryl methyl sites for hydroxylation is 3. The Morgan fingerprint density at radius 1 is 0.792 bits per heavy atom. The summed E-state index contributed by atoms with van der Waals surface area (Å²) in [5.74, 6) is 1.89. The topological polar surface area (TPSA) is 30.7 Å². The molecule has 0 aliphatic heterocycles. The minimum absolute atomic E-state index is 0. The Labute approximate surface area is 336 Å². The van der Waals surface area contributed by atoms with Gasteiger partial charge in [-0.05, 0) is 94.9 Å². The molecule has 0 saturated carbocycles. The van der Waals surface area contributed by atoms with Crippen molar-refractivity contribution >= 4 is 32.5 Å². The third-order valence-corrected chi connectivity index (χ3v) is 10.6. The molecule has 0 N–H and O–H groups in total. The fraction of sp³-hybridized carbons (Fsp3) is 0.208. The molecule has 0 amide bonds. The van der Waals surface area contributed by atoms with Gasteiger partial charge in [-0.2, -0.15) is 0 Å². The third kappa shape index (κ3) is 7.99. The molecule has 0 spiro atoms. The van der Waals surface area contributed by atoms with Crippen LogP contribution in [0.15, 0.2) is 121 Å². The summed E-state index contributed by atoms with van der Waals surface area (Å²) >= 11 is 1.68. The van der Waals surface area contributed by atoms with Crippen molar-refractivity contribution in [3.63, 3.8) is 0 Å². The second kappa shape index (κ2) is 16.6. The van der Waals surface area contributed by atoms with Crippen molar-refractivity contribution in [3.05, 3.63) is 166 Å². The van der Waals surface area contributed by atoms with Crippen LogP contribution in [0.2, 0.25) is 0 Å². The van der Waals surface area contributed by atoms with E-state index in [0.717, 1.165) is 34.7 Å². The van der Waals surface area contributed by atoms with Crippen LogP contribution in [0.4, 0.5) is 0 Å². The van der Waals surface area contributed by atoms with Gasteiger partial charge in [0, 0.05) is 37.0 Å². The minimum Gasteiger partial charge on any atom is -0.360 e. The maximum Gasteiger partial charge on any atom is 0.0770 e. The van der Waals surface area contributed by atoms with Gasteiger partial charge in [-0.25, -0.2) is 0 Å². The van der Waals surface area contributed by atoms with Crippen LogP contribution in [0.1, 0.15) is 77.0 Å². The zero-order valence-corrected chi connectivity index (χ0v) is 34.2. The number of benzene rings is 5. The normalized spacial score (nSPS) is 12.3. The van der Waals surface area contributed by atoms with Gasteiger partial charge in [0.2, 0.25) is 0 Å². The zero-order valence-electron chi connectivity index (χ0n) is 34.0.